The van der Waals surface area contributed by atoms with Gasteiger partial charge in [-0.15, -0.1) is 0 Å². The topological polar surface area (TPSA) is 84.8 Å². The zero-order chi connectivity index (χ0) is 19.2. The molecule has 0 aliphatic heterocycles. The minimum Gasteiger partial charge on any atom is -0.461 e. The van der Waals surface area contributed by atoms with E-state index in [1.54, 1.807) is 25.1 Å². The van der Waals surface area contributed by atoms with Gasteiger partial charge in [0.25, 0.3) is 0 Å². The quantitative estimate of drug-likeness (QED) is 0.455. The molecule has 0 aliphatic carbocycles. The number of hydrazone groups is 1. The molecule has 138 valence electrons. The van der Waals surface area contributed by atoms with E-state index in [-0.39, 0.29) is 23.6 Å². The van der Waals surface area contributed by atoms with Gasteiger partial charge in [-0.2, -0.15) is 5.10 Å². The summed E-state index contributed by atoms with van der Waals surface area (Å²) in [6.45, 7) is 1.83. The third-order valence-corrected chi connectivity index (χ3v) is 4.56. The van der Waals surface area contributed by atoms with Gasteiger partial charge in [0.2, 0.25) is 0 Å². The van der Waals surface area contributed by atoms with Crippen molar-refractivity contribution < 1.29 is 22.3 Å². The fraction of sp³-hybridized carbons (Fsp3) is 0.222. The Labute approximate surface area is 151 Å². The Bertz CT molecular complexity index is 909. The second kappa shape index (κ2) is 8.57. The summed E-state index contributed by atoms with van der Waals surface area (Å²) in [6.07, 6.45) is 1.07. The van der Waals surface area contributed by atoms with Gasteiger partial charge in [-0.1, -0.05) is 18.2 Å². The highest BCUT2D eigenvalue weighted by Gasteiger charge is 2.16. The molecule has 0 fully saturated rings. The van der Waals surface area contributed by atoms with Gasteiger partial charge in [-0.3, -0.25) is 5.43 Å². The molecule has 8 heteroatoms. The highest BCUT2D eigenvalue weighted by Crippen LogP contribution is 2.14. The zero-order valence-electron chi connectivity index (χ0n) is 14.4. The number of halogens is 1. The summed E-state index contributed by atoms with van der Waals surface area (Å²) in [7, 11) is -3.30. The summed E-state index contributed by atoms with van der Waals surface area (Å²) in [5.41, 5.74) is 3.47. The van der Waals surface area contributed by atoms with Gasteiger partial charge < -0.3 is 4.74 Å². The van der Waals surface area contributed by atoms with Crippen LogP contribution in [0.3, 0.4) is 0 Å². The van der Waals surface area contributed by atoms with Crippen LogP contribution in [-0.4, -0.2) is 33.0 Å². The lowest BCUT2D eigenvalue weighted by Gasteiger charge is -2.08. The largest absolute Gasteiger partial charge is 0.461 e. The average molecular weight is 378 g/mol. The Morgan fingerprint density at radius 1 is 1.15 bits per heavy atom. The molecule has 0 saturated carbocycles. The van der Waals surface area contributed by atoms with Gasteiger partial charge in [0, 0.05) is 12.7 Å². The van der Waals surface area contributed by atoms with E-state index in [2.05, 4.69) is 10.5 Å². The van der Waals surface area contributed by atoms with E-state index in [1.807, 2.05) is 0 Å². The molecule has 0 saturated heterocycles. The molecule has 0 aliphatic rings. The lowest BCUT2D eigenvalue weighted by molar-refractivity contribution is -0.135. The van der Waals surface area contributed by atoms with Crippen LogP contribution in [-0.2, 0) is 25.8 Å². The molecule has 1 N–H and O–H groups in total. The zero-order valence-corrected chi connectivity index (χ0v) is 15.2. The maximum absolute atomic E-state index is 13.8. The first-order valence-electron chi connectivity index (χ1n) is 7.84. The number of rotatable bonds is 7. The van der Waals surface area contributed by atoms with Crippen LogP contribution in [0, 0.1) is 5.82 Å². The van der Waals surface area contributed by atoms with Crippen LogP contribution >= 0.6 is 0 Å². The molecule has 0 amide bonds. The molecule has 0 atom stereocenters. The smallest absolute Gasteiger partial charge is 0.354 e. The molecule has 6 nitrogen and oxygen atoms in total. The van der Waals surface area contributed by atoms with Crippen LogP contribution in [0.15, 0.2) is 58.5 Å². The van der Waals surface area contributed by atoms with Gasteiger partial charge in [0.05, 0.1) is 17.2 Å². The van der Waals surface area contributed by atoms with Crippen molar-refractivity contribution in [2.24, 2.45) is 5.10 Å². The van der Waals surface area contributed by atoms with E-state index in [1.165, 1.54) is 30.3 Å². The van der Waals surface area contributed by atoms with Crippen molar-refractivity contribution in [3.8, 4) is 0 Å². The van der Waals surface area contributed by atoms with Gasteiger partial charge >= 0.3 is 5.97 Å². The first-order valence-corrected chi connectivity index (χ1v) is 9.73. The van der Waals surface area contributed by atoms with Crippen LogP contribution in [0.5, 0.6) is 0 Å². The molecule has 0 aromatic heterocycles. The maximum Gasteiger partial charge on any atom is 0.354 e. The van der Waals surface area contributed by atoms with E-state index in [0.29, 0.717) is 11.3 Å². The molecule has 2 aromatic carbocycles. The predicted molar refractivity (Wildman–Crippen MR) is 97.3 cm³/mol. The summed E-state index contributed by atoms with van der Waals surface area (Å²) in [5, 5.41) is 4.02. The molecular weight excluding hydrogens is 359 g/mol. The average Bonchev–Trinajstić information content (AvgIpc) is 2.60. The summed E-state index contributed by atoms with van der Waals surface area (Å²) in [5.74, 6) is -1.10. The standard InChI is InChI=1S/C18H19FN2O4S/c1-3-25-18(22)17(12-13-6-4-5-7-16(13)19)21-20-14-8-10-15(11-9-14)26(2,23)24/h4-11,20H,3,12H2,1-2H3. The van der Waals surface area contributed by atoms with Crippen molar-refractivity contribution in [1.82, 2.24) is 0 Å². The summed E-state index contributed by atoms with van der Waals surface area (Å²) in [6, 6.07) is 12.0. The number of hydrogen-bond acceptors (Lipinski definition) is 6. The van der Waals surface area contributed by atoms with E-state index in [0.717, 1.165) is 6.26 Å². The third kappa shape index (κ3) is 5.38. The molecule has 2 aromatic rings. The van der Waals surface area contributed by atoms with Crippen LogP contribution in [0.25, 0.3) is 0 Å². The first kappa shape index (κ1) is 19.6. The van der Waals surface area contributed by atoms with Crippen molar-refractivity contribution in [2.75, 3.05) is 18.3 Å². The predicted octanol–water partition coefficient (Wildman–Crippen LogP) is 2.80. The Morgan fingerprint density at radius 2 is 1.81 bits per heavy atom. The number of nitrogens with zero attached hydrogens (tertiary/aromatic N) is 1. The molecule has 0 spiro atoms. The van der Waals surface area contributed by atoms with E-state index >= 15 is 0 Å². The van der Waals surface area contributed by atoms with Crippen molar-refractivity contribution in [3.05, 3.63) is 59.9 Å². The second-order valence-corrected chi connectivity index (χ2v) is 7.47. The number of carbonyl (C=O) groups excluding carboxylic acids is 1. The lowest BCUT2D eigenvalue weighted by atomic mass is 10.1. The molecule has 2 rings (SSSR count). The van der Waals surface area contributed by atoms with Gasteiger partial charge in [0.1, 0.15) is 11.5 Å². The normalized spacial score (nSPS) is 11.9. The minimum absolute atomic E-state index is 0.00383. The summed E-state index contributed by atoms with van der Waals surface area (Å²) < 4.78 is 41.7. The number of benzene rings is 2. The molecule has 0 unspecified atom stereocenters. The number of nitrogens with one attached hydrogen (secondary N) is 1. The number of sulfone groups is 1. The Kier molecular flexibility index (Phi) is 6.46. The van der Waals surface area contributed by atoms with E-state index < -0.39 is 21.6 Å². The van der Waals surface area contributed by atoms with Crippen molar-refractivity contribution in [1.29, 1.82) is 0 Å². The van der Waals surface area contributed by atoms with Gasteiger partial charge in [0.15, 0.2) is 9.84 Å². The number of ether oxygens (including phenoxy) is 1. The number of carbonyl (C=O) groups is 1. The van der Waals surface area contributed by atoms with Crippen molar-refractivity contribution >= 4 is 27.2 Å². The van der Waals surface area contributed by atoms with Gasteiger partial charge in [-0.25, -0.2) is 17.6 Å². The number of esters is 1. The van der Waals surface area contributed by atoms with Crippen LogP contribution in [0.2, 0.25) is 0 Å². The fourth-order valence-electron chi connectivity index (χ4n) is 2.10. The second-order valence-electron chi connectivity index (χ2n) is 5.46. The third-order valence-electron chi connectivity index (χ3n) is 3.43. The molecule has 0 bridgehead atoms. The fourth-order valence-corrected chi connectivity index (χ4v) is 2.73. The molecule has 0 heterocycles. The Balaban J connectivity index is 2.22. The van der Waals surface area contributed by atoms with E-state index in [4.69, 9.17) is 4.74 Å². The SMILES string of the molecule is CCOC(=O)C(Cc1ccccc1F)=NNc1ccc(S(C)(=O)=O)cc1. The highest BCUT2D eigenvalue weighted by molar-refractivity contribution is 7.90. The monoisotopic (exact) mass is 378 g/mol. The first-order chi connectivity index (χ1) is 12.3. The highest BCUT2D eigenvalue weighted by atomic mass is 32.2. The van der Waals surface area contributed by atoms with Crippen LogP contribution < -0.4 is 5.43 Å². The van der Waals surface area contributed by atoms with E-state index in [9.17, 15) is 17.6 Å². The lowest BCUT2D eigenvalue weighted by Crippen LogP contribution is -2.22. The number of hydrogen-bond donors (Lipinski definition) is 1. The van der Waals surface area contributed by atoms with Crippen molar-refractivity contribution in [2.45, 2.75) is 18.2 Å². The summed E-state index contributed by atoms with van der Waals surface area (Å²) >= 11 is 0. The molecular formula is C18H19FN2O4S. The van der Waals surface area contributed by atoms with Gasteiger partial charge in [-0.05, 0) is 42.8 Å². The van der Waals surface area contributed by atoms with Crippen LogP contribution in [0.1, 0.15) is 12.5 Å². The minimum atomic E-state index is -3.30. The van der Waals surface area contributed by atoms with Crippen LogP contribution in [0.4, 0.5) is 10.1 Å². The van der Waals surface area contributed by atoms with Crippen molar-refractivity contribution in [3.63, 3.8) is 0 Å². The summed E-state index contributed by atoms with van der Waals surface area (Å²) in [4.78, 5) is 12.2. The molecule has 26 heavy (non-hydrogen) atoms. The maximum atomic E-state index is 13.8. The number of anilines is 1. The Hall–Kier alpha value is -2.74. The molecule has 0 radical (unpaired) electrons. The Morgan fingerprint density at radius 3 is 2.38 bits per heavy atom.